The van der Waals surface area contributed by atoms with Gasteiger partial charge in [0.05, 0.1) is 0 Å². The zero-order valence-corrected chi connectivity index (χ0v) is 10.4. The van der Waals surface area contributed by atoms with Crippen LogP contribution in [0.3, 0.4) is 0 Å². The maximum atomic E-state index is 11.1. The first-order chi connectivity index (χ1) is 7.03. The summed E-state index contributed by atoms with van der Waals surface area (Å²) in [7, 11) is 0. The second kappa shape index (κ2) is 5.05. The van der Waals surface area contributed by atoms with Crippen LogP contribution in [0.15, 0.2) is 0 Å². The molecule has 0 amide bonds. The van der Waals surface area contributed by atoms with Crippen LogP contribution in [0.5, 0.6) is 0 Å². The van der Waals surface area contributed by atoms with Crippen molar-refractivity contribution in [3.05, 3.63) is 0 Å². The zero-order valence-electron chi connectivity index (χ0n) is 10.4. The summed E-state index contributed by atoms with van der Waals surface area (Å²) in [5.41, 5.74) is -1.42. The largest absolute Gasteiger partial charge is 0.735 e. The average molecular weight is 234 g/mol. The van der Waals surface area contributed by atoms with Gasteiger partial charge in [0.15, 0.2) is 5.60 Å². The van der Waals surface area contributed by atoms with E-state index in [1.54, 1.807) is 41.5 Å². The fourth-order valence-corrected chi connectivity index (χ4v) is 0.644. The Morgan fingerprint density at radius 1 is 1.00 bits per heavy atom. The van der Waals surface area contributed by atoms with Crippen molar-refractivity contribution < 1.29 is 28.8 Å². The highest BCUT2D eigenvalue weighted by Crippen LogP contribution is 2.12. The van der Waals surface area contributed by atoms with Gasteiger partial charge < -0.3 is 14.7 Å². The Kier molecular flexibility index (Phi) is 4.59. The number of hydrogen-bond donors (Lipinski definition) is 0. The van der Waals surface area contributed by atoms with Crippen molar-refractivity contribution in [3.63, 3.8) is 0 Å². The van der Waals surface area contributed by atoms with Gasteiger partial charge in [-0.15, -0.1) is 0 Å². The molecule has 0 bridgehead atoms. The molecule has 0 aliphatic carbocycles. The Hall–Kier alpha value is -1.46. The number of carbonyl (C=O) groups is 1. The lowest BCUT2D eigenvalue weighted by molar-refractivity contribution is -0.869. The Labute approximate surface area is 94.7 Å². The maximum absolute atomic E-state index is 11.1. The second-order valence-corrected chi connectivity index (χ2v) is 5.11. The summed E-state index contributed by atoms with van der Waals surface area (Å²) in [6.07, 6.45) is -1.83. The first-order valence-electron chi connectivity index (χ1n) is 4.80. The van der Waals surface area contributed by atoms with Crippen molar-refractivity contribution in [2.24, 2.45) is 0 Å². The van der Waals surface area contributed by atoms with Gasteiger partial charge in [0.1, 0.15) is 5.60 Å². The standard InChI is InChI=1S/C10H18O6/c1-9(2,3)14-7(11)13-8(16-12)15-10(4,5)6/h1-6H3. The molecule has 94 valence electrons. The molecule has 0 saturated carbocycles. The fourth-order valence-electron chi connectivity index (χ4n) is 0.644. The lowest BCUT2D eigenvalue weighted by Crippen LogP contribution is -2.30. The second-order valence-electron chi connectivity index (χ2n) is 5.11. The van der Waals surface area contributed by atoms with Crippen LogP contribution in [0, 0.1) is 0 Å². The Morgan fingerprint density at radius 3 is 1.75 bits per heavy atom. The van der Waals surface area contributed by atoms with E-state index in [2.05, 4.69) is 9.31 Å². The van der Waals surface area contributed by atoms with Gasteiger partial charge in [-0.05, 0) is 41.5 Å². The molecule has 0 fully saturated rings. The summed E-state index contributed by atoms with van der Waals surface area (Å²) in [6.45, 7) is 10.0. The Morgan fingerprint density at radius 2 is 1.44 bits per heavy atom. The van der Waals surface area contributed by atoms with Crippen LogP contribution in [0.4, 0.5) is 9.37 Å². The summed E-state index contributed by atoms with van der Waals surface area (Å²) in [5, 5.41) is 10.2. The molecule has 0 aliphatic rings. The molecule has 0 aromatic rings. The van der Waals surface area contributed by atoms with Crippen LogP contribution in [-0.4, -0.2) is 23.5 Å². The van der Waals surface area contributed by atoms with Crippen molar-refractivity contribution in [2.75, 3.05) is 0 Å². The van der Waals surface area contributed by atoms with Gasteiger partial charge in [0.2, 0.25) is 0 Å². The zero-order chi connectivity index (χ0) is 13.0. The van der Waals surface area contributed by atoms with Gasteiger partial charge in [-0.1, -0.05) is 0 Å². The van der Waals surface area contributed by atoms with E-state index in [0.29, 0.717) is 0 Å². The van der Waals surface area contributed by atoms with E-state index in [1.807, 2.05) is 0 Å². The third-order valence-electron chi connectivity index (χ3n) is 1.01. The SMILES string of the molecule is CC(C)(C)OC(=O)OC(OC(C)(C)C)=[O+][O-]. The molecule has 0 aromatic carbocycles. The summed E-state index contributed by atoms with van der Waals surface area (Å²) < 4.78 is 17.7. The molecule has 0 radical (unpaired) electrons. The summed E-state index contributed by atoms with van der Waals surface area (Å²) in [5.74, 6) is 0. The minimum absolute atomic E-state index is 0.707. The van der Waals surface area contributed by atoms with E-state index in [9.17, 15) is 10.1 Å². The van der Waals surface area contributed by atoms with Crippen LogP contribution in [0.25, 0.3) is 0 Å². The van der Waals surface area contributed by atoms with Crippen molar-refractivity contribution in [3.8, 4) is 0 Å². The summed E-state index contributed by atoms with van der Waals surface area (Å²) in [6, 6.07) is 0. The summed E-state index contributed by atoms with van der Waals surface area (Å²) >= 11 is 0. The minimum atomic E-state index is -1.05. The molecular formula is C10H18O6. The normalized spacial score (nSPS) is 13.2. The minimum Gasteiger partial charge on any atom is -0.628 e. The predicted molar refractivity (Wildman–Crippen MR) is 53.6 cm³/mol. The lowest BCUT2D eigenvalue weighted by Gasteiger charge is -2.16. The van der Waals surface area contributed by atoms with Crippen molar-refractivity contribution in [1.29, 1.82) is 0 Å². The van der Waals surface area contributed by atoms with Crippen molar-refractivity contribution in [1.82, 2.24) is 0 Å². The molecule has 0 spiro atoms. The van der Waals surface area contributed by atoms with Gasteiger partial charge in [0.25, 0.3) is 0 Å². The van der Waals surface area contributed by atoms with Gasteiger partial charge in [-0.2, -0.15) is 4.79 Å². The molecule has 0 aliphatic heterocycles. The monoisotopic (exact) mass is 234 g/mol. The molecule has 0 unspecified atom stereocenters. The first-order valence-corrected chi connectivity index (χ1v) is 4.80. The van der Waals surface area contributed by atoms with Crippen molar-refractivity contribution in [2.45, 2.75) is 52.7 Å². The molecule has 0 N–H and O–H groups in total. The van der Waals surface area contributed by atoms with E-state index >= 15 is 0 Å². The number of carbonyl (C=O) groups excluding carboxylic acids is 2. The highest BCUT2D eigenvalue weighted by molar-refractivity contribution is 5.77. The van der Waals surface area contributed by atoms with Crippen LogP contribution >= 0.6 is 0 Å². The summed E-state index contributed by atoms with van der Waals surface area (Å²) in [4.78, 5) is 11.1. The molecule has 0 atom stereocenters. The average Bonchev–Trinajstić information content (AvgIpc) is 1.96. The number of rotatable bonds is 0. The van der Waals surface area contributed by atoms with Gasteiger partial charge in [-0.25, -0.2) is 4.74 Å². The van der Waals surface area contributed by atoms with Crippen LogP contribution in [0.2, 0.25) is 0 Å². The van der Waals surface area contributed by atoms with Crippen molar-refractivity contribution >= 4 is 12.3 Å². The van der Waals surface area contributed by atoms with Gasteiger partial charge >= 0.3 is 12.3 Å². The third kappa shape index (κ3) is 7.90. The fraction of sp³-hybridized carbons (Fsp3) is 0.800. The topological polar surface area (TPSA) is 79.1 Å². The highest BCUT2D eigenvalue weighted by Gasteiger charge is 2.33. The van der Waals surface area contributed by atoms with Crippen LogP contribution < -0.4 is 5.26 Å². The molecule has 6 nitrogen and oxygen atoms in total. The molecular weight excluding hydrogens is 216 g/mol. The van der Waals surface area contributed by atoms with E-state index in [1.165, 1.54) is 0 Å². The van der Waals surface area contributed by atoms with E-state index < -0.39 is 23.5 Å². The smallest absolute Gasteiger partial charge is 0.628 e. The van der Waals surface area contributed by atoms with Crippen LogP contribution in [-0.2, 0) is 14.2 Å². The molecule has 0 aromatic heterocycles. The first kappa shape index (κ1) is 14.5. The van der Waals surface area contributed by atoms with E-state index in [0.717, 1.165) is 0 Å². The Bertz CT molecular complexity index is 268. The van der Waals surface area contributed by atoms with E-state index in [4.69, 9.17) is 9.47 Å². The highest BCUT2D eigenvalue weighted by atomic mass is 17.1. The number of ether oxygens (including phenoxy) is 3. The molecule has 0 rings (SSSR count). The predicted octanol–water partition coefficient (Wildman–Crippen LogP) is 1.68. The quantitative estimate of drug-likeness (QED) is 0.209. The van der Waals surface area contributed by atoms with Gasteiger partial charge in [0, 0.05) is 0 Å². The third-order valence-corrected chi connectivity index (χ3v) is 1.01. The molecule has 0 saturated heterocycles. The Balaban J connectivity index is 4.31. The van der Waals surface area contributed by atoms with Crippen LogP contribution in [0.1, 0.15) is 41.5 Å². The molecule has 16 heavy (non-hydrogen) atoms. The number of hydrogen-bond acceptors (Lipinski definition) is 5. The van der Waals surface area contributed by atoms with E-state index in [-0.39, 0.29) is 0 Å². The maximum Gasteiger partial charge on any atom is 0.735 e. The molecule has 0 heterocycles. The lowest BCUT2D eigenvalue weighted by atomic mass is 10.2. The molecule has 6 heteroatoms. The van der Waals surface area contributed by atoms with Gasteiger partial charge in [-0.3, -0.25) is 4.58 Å².